The first-order valence-corrected chi connectivity index (χ1v) is 7.91. The van der Waals surface area contributed by atoms with Gasteiger partial charge in [-0.05, 0) is 30.9 Å². The maximum atomic E-state index is 11.3. The SMILES string of the molecule is CN(C1CCSc2ccccc21)C1COCC1C(=O)O. The van der Waals surface area contributed by atoms with Crippen LogP contribution in [0.3, 0.4) is 0 Å². The Balaban J connectivity index is 1.84. The second-order valence-electron chi connectivity index (χ2n) is 5.41. The molecule has 20 heavy (non-hydrogen) atoms. The molecule has 108 valence electrons. The third-order valence-electron chi connectivity index (χ3n) is 4.31. The Bertz CT molecular complexity index is 508. The molecule has 2 heterocycles. The molecule has 3 rings (SSSR count). The molecule has 0 bridgehead atoms. The summed E-state index contributed by atoms with van der Waals surface area (Å²) in [5, 5.41) is 9.32. The number of fused-ring (bicyclic) bond motifs is 1. The van der Waals surface area contributed by atoms with E-state index in [9.17, 15) is 9.90 Å². The predicted molar refractivity (Wildman–Crippen MR) is 78.0 cm³/mol. The molecular weight excluding hydrogens is 274 g/mol. The Morgan fingerprint density at radius 2 is 2.20 bits per heavy atom. The Morgan fingerprint density at radius 1 is 1.40 bits per heavy atom. The molecule has 1 aromatic carbocycles. The van der Waals surface area contributed by atoms with Gasteiger partial charge in [0, 0.05) is 17.0 Å². The van der Waals surface area contributed by atoms with Gasteiger partial charge in [-0.3, -0.25) is 9.69 Å². The van der Waals surface area contributed by atoms with Gasteiger partial charge >= 0.3 is 5.97 Å². The average molecular weight is 293 g/mol. The lowest BCUT2D eigenvalue weighted by molar-refractivity contribution is -0.143. The molecule has 0 radical (unpaired) electrons. The summed E-state index contributed by atoms with van der Waals surface area (Å²) in [5.74, 6) is -0.0864. The lowest BCUT2D eigenvalue weighted by Gasteiger charge is -2.37. The summed E-state index contributed by atoms with van der Waals surface area (Å²) in [7, 11) is 2.03. The first-order valence-electron chi connectivity index (χ1n) is 6.92. The molecule has 0 aromatic heterocycles. The molecule has 1 saturated heterocycles. The van der Waals surface area contributed by atoms with Crippen LogP contribution in [0.1, 0.15) is 18.0 Å². The van der Waals surface area contributed by atoms with Crippen molar-refractivity contribution >= 4 is 17.7 Å². The van der Waals surface area contributed by atoms with E-state index in [2.05, 4.69) is 29.2 Å². The van der Waals surface area contributed by atoms with Gasteiger partial charge in [-0.15, -0.1) is 11.8 Å². The van der Waals surface area contributed by atoms with E-state index in [4.69, 9.17) is 4.74 Å². The van der Waals surface area contributed by atoms with E-state index in [1.54, 1.807) is 0 Å². The van der Waals surface area contributed by atoms with Crippen LogP contribution in [0.5, 0.6) is 0 Å². The molecule has 0 aliphatic carbocycles. The standard InChI is InChI=1S/C15H19NO3S/c1-16(13-9-19-8-11(13)15(17)18)12-6-7-20-14-5-3-2-4-10(12)14/h2-5,11-13H,6-9H2,1H3,(H,17,18). The monoisotopic (exact) mass is 293 g/mol. The third-order valence-corrected chi connectivity index (χ3v) is 5.43. The number of carbonyl (C=O) groups is 1. The summed E-state index contributed by atoms with van der Waals surface area (Å²) in [5.41, 5.74) is 1.32. The van der Waals surface area contributed by atoms with E-state index in [-0.39, 0.29) is 6.04 Å². The molecule has 2 aliphatic rings. The zero-order valence-electron chi connectivity index (χ0n) is 11.5. The fourth-order valence-corrected chi connectivity index (χ4v) is 4.26. The van der Waals surface area contributed by atoms with Crippen molar-refractivity contribution in [3.63, 3.8) is 0 Å². The van der Waals surface area contributed by atoms with Crippen LogP contribution in [0.4, 0.5) is 0 Å². The third kappa shape index (κ3) is 2.45. The Hall–Kier alpha value is -1.04. The van der Waals surface area contributed by atoms with Crippen LogP contribution >= 0.6 is 11.8 Å². The average Bonchev–Trinajstić information content (AvgIpc) is 2.95. The summed E-state index contributed by atoms with van der Waals surface area (Å²) >= 11 is 1.89. The van der Waals surface area contributed by atoms with Gasteiger partial charge in [0.05, 0.1) is 19.1 Å². The Morgan fingerprint density at radius 3 is 3.00 bits per heavy atom. The van der Waals surface area contributed by atoms with Crippen LogP contribution in [-0.4, -0.2) is 48.0 Å². The van der Waals surface area contributed by atoms with Crippen LogP contribution in [0.2, 0.25) is 0 Å². The first-order chi connectivity index (χ1) is 9.68. The van der Waals surface area contributed by atoms with Crippen LogP contribution in [-0.2, 0) is 9.53 Å². The molecule has 4 nitrogen and oxygen atoms in total. The van der Waals surface area contributed by atoms with E-state index in [0.717, 1.165) is 12.2 Å². The lowest BCUT2D eigenvalue weighted by Crippen LogP contribution is -2.43. The second-order valence-corrected chi connectivity index (χ2v) is 6.54. The van der Waals surface area contributed by atoms with Crippen LogP contribution in [0.25, 0.3) is 0 Å². The summed E-state index contributed by atoms with van der Waals surface area (Å²) < 4.78 is 5.40. The number of nitrogens with zero attached hydrogens (tertiary/aromatic N) is 1. The van der Waals surface area contributed by atoms with Crippen LogP contribution in [0, 0.1) is 5.92 Å². The van der Waals surface area contributed by atoms with Crippen LogP contribution < -0.4 is 0 Å². The van der Waals surface area contributed by atoms with Crippen molar-refractivity contribution < 1.29 is 14.6 Å². The number of aliphatic carboxylic acids is 1. The second kappa shape index (κ2) is 5.76. The quantitative estimate of drug-likeness (QED) is 0.926. The summed E-state index contributed by atoms with van der Waals surface area (Å²) in [6.07, 6.45) is 1.06. The van der Waals surface area contributed by atoms with Crippen molar-refractivity contribution in [3.8, 4) is 0 Å². The van der Waals surface area contributed by atoms with E-state index >= 15 is 0 Å². The van der Waals surface area contributed by atoms with E-state index < -0.39 is 11.9 Å². The summed E-state index contributed by atoms with van der Waals surface area (Å²) in [4.78, 5) is 14.9. The van der Waals surface area contributed by atoms with Gasteiger partial charge in [-0.2, -0.15) is 0 Å². The molecule has 0 spiro atoms. The maximum absolute atomic E-state index is 11.3. The van der Waals surface area contributed by atoms with Crippen molar-refractivity contribution in [2.24, 2.45) is 5.92 Å². The largest absolute Gasteiger partial charge is 0.481 e. The van der Waals surface area contributed by atoms with Gasteiger partial charge in [0.2, 0.25) is 0 Å². The molecular formula is C15H19NO3S. The zero-order chi connectivity index (χ0) is 14.1. The molecule has 3 atom stereocenters. The minimum absolute atomic E-state index is 0.0337. The highest BCUT2D eigenvalue weighted by Crippen LogP contribution is 2.40. The number of hydrogen-bond acceptors (Lipinski definition) is 4. The number of rotatable bonds is 3. The van der Waals surface area contributed by atoms with Gasteiger partial charge in [0.25, 0.3) is 0 Å². The topological polar surface area (TPSA) is 49.8 Å². The minimum atomic E-state index is -0.752. The summed E-state index contributed by atoms with van der Waals surface area (Å²) in [6.45, 7) is 0.840. The molecule has 2 aliphatic heterocycles. The number of carboxylic acids is 1. The number of ether oxygens (including phenoxy) is 1. The van der Waals surface area contributed by atoms with Gasteiger partial charge in [0.15, 0.2) is 0 Å². The van der Waals surface area contributed by atoms with E-state index in [1.807, 2.05) is 18.8 Å². The van der Waals surface area contributed by atoms with Gasteiger partial charge in [0.1, 0.15) is 0 Å². The number of hydrogen-bond donors (Lipinski definition) is 1. The van der Waals surface area contributed by atoms with Crippen LogP contribution in [0.15, 0.2) is 29.2 Å². The molecule has 1 aromatic rings. The Labute approximate surface area is 123 Å². The van der Waals surface area contributed by atoms with Crippen molar-refractivity contribution in [2.45, 2.75) is 23.4 Å². The highest BCUT2D eigenvalue weighted by atomic mass is 32.2. The zero-order valence-corrected chi connectivity index (χ0v) is 12.3. The first kappa shape index (κ1) is 13.9. The van der Waals surface area contributed by atoms with Gasteiger partial charge in [-0.25, -0.2) is 0 Å². The van der Waals surface area contributed by atoms with E-state index in [0.29, 0.717) is 19.3 Å². The number of likely N-dealkylation sites (N-methyl/N-ethyl adjacent to an activating group) is 1. The molecule has 5 heteroatoms. The van der Waals surface area contributed by atoms with Crippen molar-refractivity contribution in [1.82, 2.24) is 4.90 Å². The normalized spacial score (nSPS) is 29.4. The van der Waals surface area contributed by atoms with E-state index in [1.165, 1.54) is 10.5 Å². The number of carboxylic acid groups (broad SMARTS) is 1. The molecule has 1 N–H and O–H groups in total. The lowest BCUT2D eigenvalue weighted by atomic mass is 9.96. The minimum Gasteiger partial charge on any atom is -0.481 e. The van der Waals surface area contributed by atoms with Gasteiger partial charge in [-0.1, -0.05) is 18.2 Å². The predicted octanol–water partition coefficient (Wildman–Crippen LogP) is 2.25. The molecule has 0 saturated carbocycles. The molecule has 3 unspecified atom stereocenters. The van der Waals surface area contributed by atoms with Crippen molar-refractivity contribution in [1.29, 1.82) is 0 Å². The summed E-state index contributed by atoms with van der Waals surface area (Å²) in [6, 6.07) is 8.70. The maximum Gasteiger partial charge on any atom is 0.310 e. The smallest absolute Gasteiger partial charge is 0.310 e. The molecule has 1 fully saturated rings. The fourth-order valence-electron chi connectivity index (χ4n) is 3.16. The fraction of sp³-hybridized carbons (Fsp3) is 0.533. The van der Waals surface area contributed by atoms with Crippen molar-refractivity contribution in [2.75, 3.05) is 26.0 Å². The molecule has 0 amide bonds. The number of thioether (sulfide) groups is 1. The van der Waals surface area contributed by atoms with Gasteiger partial charge < -0.3 is 9.84 Å². The Kier molecular flexibility index (Phi) is 4.01. The number of benzene rings is 1. The highest BCUT2D eigenvalue weighted by molar-refractivity contribution is 7.99. The highest BCUT2D eigenvalue weighted by Gasteiger charge is 2.40. The van der Waals surface area contributed by atoms with Crippen molar-refractivity contribution in [3.05, 3.63) is 29.8 Å².